The summed E-state index contributed by atoms with van der Waals surface area (Å²) >= 11 is 0. The molecule has 0 fully saturated rings. The van der Waals surface area contributed by atoms with Crippen molar-refractivity contribution in [2.45, 2.75) is 20.3 Å². The van der Waals surface area contributed by atoms with Crippen molar-refractivity contribution in [1.29, 1.82) is 0 Å². The second kappa shape index (κ2) is 5.82. The van der Waals surface area contributed by atoms with Gasteiger partial charge in [0.05, 0.1) is 0 Å². The molecule has 5 nitrogen and oxygen atoms in total. The highest BCUT2D eigenvalue weighted by molar-refractivity contribution is 5.40. The molecule has 0 spiro atoms. The Bertz CT molecular complexity index is 349. The van der Waals surface area contributed by atoms with Crippen LogP contribution in [0.15, 0.2) is 12.3 Å². The minimum Gasteiger partial charge on any atom is -0.369 e. The number of nitrogens with zero attached hydrogens (tertiary/aromatic N) is 3. The van der Waals surface area contributed by atoms with Crippen molar-refractivity contribution in [3.05, 3.63) is 12.3 Å². The Kier molecular flexibility index (Phi) is 4.69. The summed E-state index contributed by atoms with van der Waals surface area (Å²) in [5.74, 6) is 1.57. The molecule has 0 aliphatic rings. The lowest BCUT2D eigenvalue weighted by molar-refractivity contribution is 0.365. The summed E-state index contributed by atoms with van der Waals surface area (Å²) in [5.41, 5.74) is 5.77. The van der Waals surface area contributed by atoms with Crippen molar-refractivity contribution >= 4 is 11.8 Å². The zero-order valence-corrected chi connectivity index (χ0v) is 11.2. The molecule has 0 atom stereocenters. The molecule has 96 valence electrons. The van der Waals surface area contributed by atoms with Crippen LogP contribution in [0, 0.1) is 5.41 Å². The zero-order chi connectivity index (χ0) is 12.9. The number of anilines is 2. The molecule has 0 aliphatic heterocycles. The normalized spacial score (nSPS) is 11.4. The largest absolute Gasteiger partial charge is 0.369 e. The van der Waals surface area contributed by atoms with Crippen LogP contribution < -0.4 is 16.0 Å². The first-order valence-electron chi connectivity index (χ1n) is 5.89. The maximum atomic E-state index is 5.59. The molecule has 1 heterocycles. The van der Waals surface area contributed by atoms with Crippen LogP contribution in [-0.2, 0) is 0 Å². The second-order valence-corrected chi connectivity index (χ2v) is 5.19. The Morgan fingerprint density at radius 3 is 2.71 bits per heavy atom. The lowest BCUT2D eigenvalue weighted by Gasteiger charge is -2.24. The van der Waals surface area contributed by atoms with Crippen molar-refractivity contribution < 1.29 is 0 Å². The molecule has 0 aliphatic carbocycles. The monoisotopic (exact) mass is 237 g/mol. The second-order valence-electron chi connectivity index (χ2n) is 5.19. The lowest BCUT2D eigenvalue weighted by Crippen LogP contribution is -2.26. The lowest BCUT2D eigenvalue weighted by atomic mass is 9.89. The van der Waals surface area contributed by atoms with Crippen molar-refractivity contribution in [1.82, 2.24) is 9.97 Å². The number of nitrogens with one attached hydrogen (secondary N) is 1. The number of hydrogen-bond donors (Lipinski definition) is 2. The van der Waals surface area contributed by atoms with Gasteiger partial charge in [-0.2, -0.15) is 4.98 Å². The molecule has 1 aromatic rings. The van der Waals surface area contributed by atoms with Gasteiger partial charge in [0.25, 0.3) is 0 Å². The summed E-state index contributed by atoms with van der Waals surface area (Å²) in [6.45, 7) is 5.96. The Hall–Kier alpha value is -1.36. The van der Waals surface area contributed by atoms with E-state index in [0.29, 0.717) is 12.5 Å². The Morgan fingerprint density at radius 2 is 2.12 bits per heavy atom. The van der Waals surface area contributed by atoms with E-state index in [-0.39, 0.29) is 5.41 Å². The van der Waals surface area contributed by atoms with Crippen LogP contribution in [0.5, 0.6) is 0 Å². The average Bonchev–Trinajstić information content (AvgIpc) is 2.27. The molecule has 1 aromatic heterocycles. The van der Waals surface area contributed by atoms with E-state index >= 15 is 0 Å². The standard InChI is InChI=1S/C12H23N5/c1-12(2,6-7-13)9-15-10-5-8-14-11(16-10)17(3)4/h5,8H,6-7,9,13H2,1-4H3,(H,14,15,16). The minimum absolute atomic E-state index is 0.179. The highest BCUT2D eigenvalue weighted by atomic mass is 15.2. The van der Waals surface area contributed by atoms with Gasteiger partial charge in [-0.3, -0.25) is 0 Å². The van der Waals surface area contributed by atoms with Crippen LogP contribution >= 0.6 is 0 Å². The van der Waals surface area contributed by atoms with Crippen molar-refractivity contribution in [2.24, 2.45) is 11.1 Å². The third-order valence-electron chi connectivity index (χ3n) is 2.61. The van der Waals surface area contributed by atoms with E-state index in [1.807, 2.05) is 25.1 Å². The summed E-state index contributed by atoms with van der Waals surface area (Å²) in [4.78, 5) is 10.5. The van der Waals surface area contributed by atoms with E-state index in [9.17, 15) is 0 Å². The molecule has 0 unspecified atom stereocenters. The van der Waals surface area contributed by atoms with Gasteiger partial charge in [0.15, 0.2) is 0 Å². The number of rotatable bonds is 6. The molecule has 0 saturated carbocycles. The molecular formula is C12H23N5. The highest BCUT2D eigenvalue weighted by Gasteiger charge is 2.16. The van der Waals surface area contributed by atoms with Crippen LogP contribution in [0.25, 0.3) is 0 Å². The van der Waals surface area contributed by atoms with Crippen LogP contribution in [-0.4, -0.2) is 37.2 Å². The molecule has 0 saturated heterocycles. The van der Waals surface area contributed by atoms with E-state index in [1.165, 1.54) is 0 Å². The SMILES string of the molecule is CN(C)c1nccc(NCC(C)(C)CCN)n1. The van der Waals surface area contributed by atoms with Gasteiger partial charge in [0.1, 0.15) is 5.82 Å². The van der Waals surface area contributed by atoms with Gasteiger partial charge in [0, 0.05) is 26.8 Å². The molecule has 0 aromatic carbocycles. The van der Waals surface area contributed by atoms with Crippen molar-refractivity contribution in [3.63, 3.8) is 0 Å². The van der Waals surface area contributed by atoms with E-state index in [0.717, 1.165) is 18.8 Å². The maximum absolute atomic E-state index is 5.59. The quantitative estimate of drug-likeness (QED) is 0.781. The Labute approximate surface area is 103 Å². The summed E-state index contributed by atoms with van der Waals surface area (Å²) < 4.78 is 0. The third-order valence-corrected chi connectivity index (χ3v) is 2.61. The first-order chi connectivity index (χ1) is 7.94. The van der Waals surface area contributed by atoms with Gasteiger partial charge in [-0.05, 0) is 24.4 Å². The van der Waals surface area contributed by atoms with E-state index in [1.54, 1.807) is 6.20 Å². The zero-order valence-electron chi connectivity index (χ0n) is 11.2. The summed E-state index contributed by atoms with van der Waals surface area (Å²) in [6.07, 6.45) is 2.76. The van der Waals surface area contributed by atoms with Crippen molar-refractivity contribution in [2.75, 3.05) is 37.4 Å². The molecule has 17 heavy (non-hydrogen) atoms. The Balaban J connectivity index is 2.60. The number of aromatic nitrogens is 2. The fourth-order valence-corrected chi connectivity index (χ4v) is 1.47. The Morgan fingerprint density at radius 1 is 1.41 bits per heavy atom. The molecule has 0 amide bonds. The number of hydrogen-bond acceptors (Lipinski definition) is 5. The summed E-state index contributed by atoms with van der Waals surface area (Å²) in [7, 11) is 3.86. The summed E-state index contributed by atoms with van der Waals surface area (Å²) in [6, 6.07) is 1.88. The minimum atomic E-state index is 0.179. The highest BCUT2D eigenvalue weighted by Crippen LogP contribution is 2.20. The van der Waals surface area contributed by atoms with Crippen LogP contribution in [0.2, 0.25) is 0 Å². The molecule has 5 heteroatoms. The first kappa shape index (κ1) is 13.7. The van der Waals surface area contributed by atoms with Gasteiger partial charge in [-0.25, -0.2) is 4.98 Å². The predicted octanol–water partition coefficient (Wildman–Crippen LogP) is 1.33. The van der Waals surface area contributed by atoms with Gasteiger partial charge < -0.3 is 16.0 Å². The van der Waals surface area contributed by atoms with Gasteiger partial charge in [0.2, 0.25) is 5.95 Å². The third kappa shape index (κ3) is 4.56. The summed E-state index contributed by atoms with van der Waals surface area (Å²) in [5, 5.41) is 3.33. The fourth-order valence-electron chi connectivity index (χ4n) is 1.47. The van der Waals surface area contributed by atoms with E-state index < -0.39 is 0 Å². The molecule has 3 N–H and O–H groups in total. The fraction of sp³-hybridized carbons (Fsp3) is 0.667. The average molecular weight is 237 g/mol. The maximum Gasteiger partial charge on any atom is 0.226 e. The van der Waals surface area contributed by atoms with Crippen LogP contribution in [0.4, 0.5) is 11.8 Å². The smallest absolute Gasteiger partial charge is 0.226 e. The van der Waals surface area contributed by atoms with E-state index in [2.05, 4.69) is 29.1 Å². The molecular weight excluding hydrogens is 214 g/mol. The molecule has 1 rings (SSSR count). The van der Waals surface area contributed by atoms with Crippen molar-refractivity contribution in [3.8, 4) is 0 Å². The molecule has 0 bridgehead atoms. The van der Waals surface area contributed by atoms with E-state index in [4.69, 9.17) is 5.73 Å². The molecule has 0 radical (unpaired) electrons. The predicted molar refractivity (Wildman–Crippen MR) is 72.3 cm³/mol. The van der Waals surface area contributed by atoms with Gasteiger partial charge >= 0.3 is 0 Å². The number of nitrogens with two attached hydrogens (primary N) is 1. The van der Waals surface area contributed by atoms with Gasteiger partial charge in [-0.1, -0.05) is 13.8 Å². The van der Waals surface area contributed by atoms with Crippen LogP contribution in [0.1, 0.15) is 20.3 Å². The van der Waals surface area contributed by atoms with Gasteiger partial charge in [-0.15, -0.1) is 0 Å². The van der Waals surface area contributed by atoms with Crippen LogP contribution in [0.3, 0.4) is 0 Å². The topological polar surface area (TPSA) is 67.1 Å². The first-order valence-corrected chi connectivity index (χ1v) is 5.89.